The topological polar surface area (TPSA) is 70.0 Å². The van der Waals surface area contributed by atoms with E-state index in [2.05, 4.69) is 15.9 Å². The molecule has 0 saturated carbocycles. The standard InChI is InChI=1S/C12H16BrNO4/c1-14(6-8(13)7-18-2)12(17)11-9(15)4-3-5-10(11)16/h3-5,8,15-16H,6-7H2,1-2H3. The average molecular weight is 318 g/mol. The minimum atomic E-state index is -0.439. The van der Waals surface area contributed by atoms with Gasteiger partial charge in [0.15, 0.2) is 0 Å². The monoisotopic (exact) mass is 317 g/mol. The molecule has 0 bridgehead atoms. The molecule has 0 heterocycles. The van der Waals surface area contributed by atoms with Gasteiger partial charge in [-0.3, -0.25) is 4.79 Å². The van der Waals surface area contributed by atoms with E-state index in [1.165, 1.54) is 23.1 Å². The first-order chi connectivity index (χ1) is 8.47. The number of methoxy groups -OCH3 is 1. The molecule has 0 aliphatic heterocycles. The number of carbonyl (C=O) groups excluding carboxylic acids is 1. The van der Waals surface area contributed by atoms with Gasteiger partial charge >= 0.3 is 0 Å². The predicted octanol–water partition coefficient (Wildman–Crippen LogP) is 1.58. The van der Waals surface area contributed by atoms with Crippen LogP contribution in [0, 0.1) is 0 Å². The molecule has 0 radical (unpaired) electrons. The first kappa shape index (κ1) is 14.8. The van der Waals surface area contributed by atoms with Gasteiger partial charge in [0.05, 0.1) is 11.4 Å². The van der Waals surface area contributed by atoms with E-state index in [1.807, 2.05) is 0 Å². The van der Waals surface area contributed by atoms with Gasteiger partial charge in [0.1, 0.15) is 17.1 Å². The highest BCUT2D eigenvalue weighted by Crippen LogP contribution is 2.27. The van der Waals surface area contributed by atoms with E-state index in [4.69, 9.17) is 4.74 Å². The fourth-order valence-electron chi connectivity index (χ4n) is 1.55. The highest BCUT2D eigenvalue weighted by molar-refractivity contribution is 9.09. The Balaban J connectivity index is 2.81. The number of halogens is 1. The van der Waals surface area contributed by atoms with Crippen LogP contribution < -0.4 is 0 Å². The van der Waals surface area contributed by atoms with Gasteiger partial charge < -0.3 is 19.8 Å². The van der Waals surface area contributed by atoms with Crippen molar-refractivity contribution in [3.8, 4) is 11.5 Å². The zero-order chi connectivity index (χ0) is 13.7. The summed E-state index contributed by atoms with van der Waals surface area (Å²) in [7, 11) is 3.17. The fraction of sp³-hybridized carbons (Fsp3) is 0.417. The van der Waals surface area contributed by atoms with Gasteiger partial charge in [-0.15, -0.1) is 0 Å². The lowest BCUT2D eigenvalue weighted by molar-refractivity contribution is 0.0778. The summed E-state index contributed by atoms with van der Waals surface area (Å²) < 4.78 is 4.95. The van der Waals surface area contributed by atoms with E-state index in [9.17, 15) is 15.0 Å². The number of hydrogen-bond donors (Lipinski definition) is 2. The normalized spacial score (nSPS) is 12.2. The molecule has 2 N–H and O–H groups in total. The number of amides is 1. The molecule has 5 nitrogen and oxygen atoms in total. The summed E-state index contributed by atoms with van der Waals surface area (Å²) in [6, 6.07) is 4.20. The second kappa shape index (κ2) is 6.61. The summed E-state index contributed by atoms with van der Waals surface area (Å²) in [5.74, 6) is -0.902. The summed E-state index contributed by atoms with van der Waals surface area (Å²) in [5, 5.41) is 19.2. The summed E-state index contributed by atoms with van der Waals surface area (Å²) in [5.41, 5.74) is -0.0860. The zero-order valence-corrected chi connectivity index (χ0v) is 11.8. The van der Waals surface area contributed by atoms with E-state index in [0.29, 0.717) is 13.2 Å². The lowest BCUT2D eigenvalue weighted by Crippen LogP contribution is -2.33. The molecule has 0 spiro atoms. The number of hydrogen-bond acceptors (Lipinski definition) is 4. The van der Waals surface area contributed by atoms with Gasteiger partial charge in [0.25, 0.3) is 5.91 Å². The van der Waals surface area contributed by atoms with Crippen LogP contribution in [-0.2, 0) is 4.74 Å². The molecular formula is C12H16BrNO4. The molecule has 0 fully saturated rings. The van der Waals surface area contributed by atoms with Crippen LogP contribution in [0.15, 0.2) is 18.2 Å². The highest BCUT2D eigenvalue weighted by atomic mass is 79.9. The lowest BCUT2D eigenvalue weighted by Gasteiger charge is -2.21. The number of ether oxygens (including phenoxy) is 1. The van der Waals surface area contributed by atoms with Crippen LogP contribution in [0.3, 0.4) is 0 Å². The molecule has 100 valence electrons. The molecule has 1 atom stereocenters. The molecule has 0 aromatic heterocycles. The van der Waals surface area contributed by atoms with Crippen molar-refractivity contribution < 1.29 is 19.7 Å². The summed E-state index contributed by atoms with van der Waals surface area (Å²) >= 11 is 3.37. The van der Waals surface area contributed by atoms with Crippen LogP contribution in [-0.4, -0.2) is 53.2 Å². The maximum atomic E-state index is 12.1. The number of benzene rings is 1. The van der Waals surface area contributed by atoms with E-state index in [0.717, 1.165) is 0 Å². The third kappa shape index (κ3) is 3.61. The minimum Gasteiger partial charge on any atom is -0.507 e. The van der Waals surface area contributed by atoms with Crippen molar-refractivity contribution in [2.75, 3.05) is 27.3 Å². The minimum absolute atomic E-state index is 0.00977. The van der Waals surface area contributed by atoms with Gasteiger partial charge in [-0.25, -0.2) is 0 Å². The Morgan fingerprint density at radius 2 is 2.00 bits per heavy atom. The van der Waals surface area contributed by atoms with Gasteiger partial charge in [-0.2, -0.15) is 0 Å². The number of phenols is 2. The maximum absolute atomic E-state index is 12.1. The number of rotatable bonds is 5. The number of alkyl halides is 1. The zero-order valence-electron chi connectivity index (χ0n) is 10.3. The van der Waals surface area contributed by atoms with Gasteiger partial charge in [0, 0.05) is 20.7 Å². The van der Waals surface area contributed by atoms with E-state index >= 15 is 0 Å². The Morgan fingerprint density at radius 3 is 2.50 bits per heavy atom. The first-order valence-electron chi connectivity index (χ1n) is 5.36. The van der Waals surface area contributed by atoms with Gasteiger partial charge in [-0.05, 0) is 12.1 Å². The quantitative estimate of drug-likeness (QED) is 0.809. The smallest absolute Gasteiger partial charge is 0.261 e. The van der Waals surface area contributed by atoms with Crippen molar-refractivity contribution in [2.24, 2.45) is 0 Å². The largest absolute Gasteiger partial charge is 0.507 e. The van der Waals surface area contributed by atoms with Crippen LogP contribution in [0.1, 0.15) is 10.4 Å². The van der Waals surface area contributed by atoms with Crippen LogP contribution in [0.4, 0.5) is 0 Å². The van der Waals surface area contributed by atoms with Crippen LogP contribution in [0.25, 0.3) is 0 Å². The average Bonchev–Trinajstić information content (AvgIpc) is 2.28. The predicted molar refractivity (Wildman–Crippen MR) is 71.3 cm³/mol. The lowest BCUT2D eigenvalue weighted by atomic mass is 10.1. The Bertz CT molecular complexity index is 404. The summed E-state index contributed by atoms with van der Waals surface area (Å²) in [6.45, 7) is 0.866. The third-order valence-electron chi connectivity index (χ3n) is 2.40. The van der Waals surface area contributed by atoms with Crippen molar-refractivity contribution in [1.29, 1.82) is 0 Å². The summed E-state index contributed by atoms with van der Waals surface area (Å²) in [4.78, 5) is 13.5. The molecule has 1 amide bonds. The molecule has 1 rings (SSSR count). The van der Waals surface area contributed by atoms with Crippen LogP contribution in [0.5, 0.6) is 11.5 Å². The summed E-state index contributed by atoms with van der Waals surface area (Å²) in [6.07, 6.45) is 0. The molecular weight excluding hydrogens is 302 g/mol. The highest BCUT2D eigenvalue weighted by Gasteiger charge is 2.21. The molecule has 1 aromatic carbocycles. The van der Waals surface area contributed by atoms with Gasteiger partial charge in [-0.1, -0.05) is 22.0 Å². The molecule has 1 unspecified atom stereocenters. The van der Waals surface area contributed by atoms with E-state index in [-0.39, 0.29) is 21.9 Å². The number of carbonyl (C=O) groups is 1. The number of nitrogens with zero attached hydrogens (tertiary/aromatic N) is 1. The molecule has 1 aromatic rings. The van der Waals surface area contributed by atoms with Crippen molar-refractivity contribution >= 4 is 21.8 Å². The first-order valence-corrected chi connectivity index (χ1v) is 6.28. The Labute approximate surface area is 114 Å². The van der Waals surface area contributed by atoms with E-state index < -0.39 is 5.91 Å². The molecule has 6 heteroatoms. The third-order valence-corrected chi connectivity index (χ3v) is 2.95. The maximum Gasteiger partial charge on any atom is 0.261 e. The van der Waals surface area contributed by atoms with Crippen molar-refractivity contribution in [2.45, 2.75) is 4.83 Å². The van der Waals surface area contributed by atoms with Gasteiger partial charge in [0.2, 0.25) is 0 Å². The second-order valence-electron chi connectivity index (χ2n) is 3.91. The van der Waals surface area contributed by atoms with Crippen molar-refractivity contribution in [1.82, 2.24) is 4.90 Å². The Kier molecular flexibility index (Phi) is 5.43. The molecule has 0 saturated heterocycles. The number of aromatic hydroxyl groups is 2. The Morgan fingerprint density at radius 1 is 1.44 bits per heavy atom. The SMILES string of the molecule is COCC(Br)CN(C)C(=O)c1c(O)cccc1O. The van der Waals surface area contributed by atoms with Crippen molar-refractivity contribution in [3.05, 3.63) is 23.8 Å². The second-order valence-corrected chi connectivity index (χ2v) is 5.20. The molecule has 0 aliphatic carbocycles. The van der Waals surface area contributed by atoms with Crippen molar-refractivity contribution in [3.63, 3.8) is 0 Å². The van der Waals surface area contributed by atoms with E-state index in [1.54, 1.807) is 14.2 Å². The molecule has 0 aliphatic rings. The van der Waals surface area contributed by atoms with Crippen LogP contribution >= 0.6 is 15.9 Å². The van der Waals surface area contributed by atoms with Crippen LogP contribution in [0.2, 0.25) is 0 Å². The Hall–Kier alpha value is -1.27. The number of phenolic OH excluding ortho intramolecular Hbond substituents is 2. The fourth-order valence-corrected chi connectivity index (χ4v) is 2.25. The molecule has 18 heavy (non-hydrogen) atoms.